The fourth-order valence-electron chi connectivity index (χ4n) is 2.54. The molecule has 4 atom stereocenters. The molecule has 1 fully saturated rings. The van der Waals surface area contributed by atoms with Crippen LogP contribution in [0.1, 0.15) is 18.7 Å². The first-order chi connectivity index (χ1) is 11.8. The first-order valence-electron chi connectivity index (χ1n) is 8.09. The summed E-state index contributed by atoms with van der Waals surface area (Å²) in [7, 11) is 3.49. The Morgan fingerprint density at radius 3 is 2.64 bits per heavy atom. The molecule has 0 spiro atoms. The van der Waals surface area contributed by atoms with E-state index in [1.807, 2.05) is 0 Å². The summed E-state index contributed by atoms with van der Waals surface area (Å²) in [5.74, 6) is 0. The number of aliphatic hydroxyl groups excluding tert-OH is 2. The molecule has 0 aromatic carbocycles. The molecule has 0 amide bonds. The number of nitrogens with one attached hydrogen (secondary N) is 1. The Kier molecular flexibility index (Phi) is 6.87. The number of ether oxygens (including phenoxy) is 2. The van der Waals surface area contributed by atoms with E-state index in [4.69, 9.17) is 14.3 Å². The zero-order valence-electron chi connectivity index (χ0n) is 14.5. The van der Waals surface area contributed by atoms with Gasteiger partial charge in [-0.25, -0.2) is 4.79 Å². The van der Waals surface area contributed by atoms with Crippen molar-refractivity contribution in [3.63, 3.8) is 0 Å². The maximum absolute atomic E-state index is 12.0. The van der Waals surface area contributed by atoms with E-state index in [1.54, 1.807) is 21.0 Å². The number of hydroxylamine groups is 2. The maximum atomic E-state index is 12.0. The number of hydrogen-bond donors (Lipinski definition) is 3. The molecule has 0 bridgehead atoms. The van der Waals surface area contributed by atoms with Gasteiger partial charge >= 0.3 is 5.69 Å². The number of aromatic nitrogens is 2. The van der Waals surface area contributed by atoms with Crippen LogP contribution in [0, 0.1) is 0 Å². The van der Waals surface area contributed by atoms with Crippen molar-refractivity contribution in [2.24, 2.45) is 0 Å². The van der Waals surface area contributed by atoms with E-state index in [1.165, 1.54) is 11.3 Å². The third-order valence-corrected chi connectivity index (χ3v) is 3.89. The van der Waals surface area contributed by atoms with Gasteiger partial charge in [0.1, 0.15) is 18.3 Å². The monoisotopic (exact) mass is 359 g/mol. The van der Waals surface area contributed by atoms with E-state index in [0.29, 0.717) is 18.6 Å². The molecule has 1 saturated heterocycles. The number of aromatic amines is 1. The van der Waals surface area contributed by atoms with Crippen LogP contribution in [-0.4, -0.2) is 77.1 Å². The number of aliphatic hydroxyl groups is 2. The highest BCUT2D eigenvalue weighted by atomic mass is 16.7. The highest BCUT2D eigenvalue weighted by Crippen LogP contribution is 2.28. The molecule has 1 aromatic heterocycles. The second-order valence-electron chi connectivity index (χ2n) is 5.94. The van der Waals surface area contributed by atoms with Crippen LogP contribution in [0.15, 0.2) is 15.8 Å². The van der Waals surface area contributed by atoms with Gasteiger partial charge in [-0.05, 0) is 6.42 Å². The van der Waals surface area contributed by atoms with Crippen molar-refractivity contribution in [3.05, 3.63) is 32.6 Å². The molecule has 25 heavy (non-hydrogen) atoms. The lowest BCUT2D eigenvalue weighted by molar-refractivity contribution is -0.141. The number of aryl methyl sites for hydroxylation is 1. The van der Waals surface area contributed by atoms with Crippen LogP contribution in [-0.2, 0) is 20.7 Å². The molecule has 0 unspecified atom stereocenters. The largest absolute Gasteiger partial charge is 0.387 e. The summed E-state index contributed by atoms with van der Waals surface area (Å²) in [6, 6.07) is 0. The Morgan fingerprint density at radius 1 is 1.28 bits per heavy atom. The van der Waals surface area contributed by atoms with Crippen LogP contribution >= 0.6 is 0 Å². The molecule has 1 aliphatic rings. The summed E-state index contributed by atoms with van der Waals surface area (Å²) in [6.45, 7) is 2.42. The molecule has 1 aliphatic heterocycles. The molecule has 1 aromatic rings. The van der Waals surface area contributed by atoms with E-state index in [-0.39, 0.29) is 13.2 Å². The number of rotatable bonds is 8. The molecule has 10 heteroatoms. The van der Waals surface area contributed by atoms with Crippen molar-refractivity contribution in [1.82, 2.24) is 14.6 Å². The van der Waals surface area contributed by atoms with Crippen molar-refractivity contribution in [1.29, 1.82) is 0 Å². The highest BCUT2D eigenvalue weighted by Gasteiger charge is 2.44. The third kappa shape index (κ3) is 4.75. The second kappa shape index (κ2) is 8.70. The van der Waals surface area contributed by atoms with Gasteiger partial charge in [-0.1, -0.05) is 6.92 Å². The van der Waals surface area contributed by atoms with Crippen LogP contribution in [0.2, 0.25) is 0 Å². The summed E-state index contributed by atoms with van der Waals surface area (Å²) >= 11 is 0. The van der Waals surface area contributed by atoms with Crippen LogP contribution in [0.3, 0.4) is 0 Å². The average molecular weight is 359 g/mol. The Balaban J connectivity index is 2.02. The maximum Gasteiger partial charge on any atom is 0.330 e. The van der Waals surface area contributed by atoms with Gasteiger partial charge in [-0.15, -0.1) is 0 Å². The van der Waals surface area contributed by atoms with E-state index in [0.717, 1.165) is 4.57 Å². The van der Waals surface area contributed by atoms with Gasteiger partial charge in [0.25, 0.3) is 5.56 Å². The first-order valence-corrected chi connectivity index (χ1v) is 8.09. The fraction of sp³-hybridized carbons (Fsp3) is 0.733. The van der Waals surface area contributed by atoms with E-state index < -0.39 is 35.8 Å². The lowest BCUT2D eigenvalue weighted by Crippen LogP contribution is -2.38. The molecule has 0 radical (unpaired) electrons. The Hall–Kier alpha value is -1.56. The van der Waals surface area contributed by atoms with Gasteiger partial charge in [0.2, 0.25) is 0 Å². The number of H-pyrrole nitrogens is 1. The minimum absolute atomic E-state index is 0.0320. The standard InChI is InChI=1S/C15H25N3O7/c1-4-9-7-18(15(22)16-13(9)21)14-12(20)11(19)10(25-14)8-23-5-6-24-17(2)3/h7,10-12,14,19-20H,4-6,8H2,1-3H3,(H,16,21,22)/t10-,11-,12-,14-/m1/s1. The van der Waals surface area contributed by atoms with Gasteiger partial charge in [0.05, 0.1) is 19.8 Å². The summed E-state index contributed by atoms with van der Waals surface area (Å²) in [4.78, 5) is 31.0. The molecule has 2 rings (SSSR count). The summed E-state index contributed by atoms with van der Waals surface area (Å²) < 4.78 is 12.0. The van der Waals surface area contributed by atoms with E-state index in [9.17, 15) is 19.8 Å². The average Bonchev–Trinajstić information content (AvgIpc) is 2.83. The van der Waals surface area contributed by atoms with Crippen molar-refractivity contribution in [2.45, 2.75) is 37.9 Å². The van der Waals surface area contributed by atoms with Gasteiger partial charge in [0, 0.05) is 25.9 Å². The zero-order valence-corrected chi connectivity index (χ0v) is 14.5. The van der Waals surface area contributed by atoms with Crippen molar-refractivity contribution in [3.8, 4) is 0 Å². The second-order valence-corrected chi connectivity index (χ2v) is 5.94. The van der Waals surface area contributed by atoms with Crippen LogP contribution < -0.4 is 11.2 Å². The molecule has 0 saturated carbocycles. The van der Waals surface area contributed by atoms with Gasteiger partial charge in [-0.3, -0.25) is 19.2 Å². The third-order valence-electron chi connectivity index (χ3n) is 3.89. The molecular weight excluding hydrogens is 334 g/mol. The summed E-state index contributed by atoms with van der Waals surface area (Å²) in [5.41, 5.74) is -0.803. The number of nitrogens with zero attached hydrogens (tertiary/aromatic N) is 2. The highest BCUT2D eigenvalue weighted by molar-refractivity contribution is 5.05. The van der Waals surface area contributed by atoms with E-state index >= 15 is 0 Å². The quantitative estimate of drug-likeness (QED) is 0.368. The zero-order chi connectivity index (χ0) is 18.6. The fourth-order valence-corrected chi connectivity index (χ4v) is 2.54. The minimum atomic E-state index is -1.32. The van der Waals surface area contributed by atoms with E-state index in [2.05, 4.69) is 4.98 Å². The molecule has 3 N–H and O–H groups in total. The molecule has 2 heterocycles. The Labute approximate surface area is 144 Å². The molecule has 0 aliphatic carbocycles. The SMILES string of the molecule is CCc1cn([C@@H]2O[C@H](COCCON(C)C)[C@@H](O)[C@H]2O)c(=O)[nH]c1=O. The predicted molar refractivity (Wildman–Crippen MR) is 87.1 cm³/mol. The minimum Gasteiger partial charge on any atom is -0.387 e. The predicted octanol–water partition coefficient (Wildman–Crippen LogP) is -1.77. The van der Waals surface area contributed by atoms with Crippen LogP contribution in [0.5, 0.6) is 0 Å². The molecule has 142 valence electrons. The van der Waals surface area contributed by atoms with Crippen molar-refractivity contribution in [2.75, 3.05) is 33.9 Å². The molecular formula is C15H25N3O7. The van der Waals surface area contributed by atoms with Gasteiger partial charge in [0.15, 0.2) is 6.23 Å². The van der Waals surface area contributed by atoms with Crippen LogP contribution in [0.25, 0.3) is 0 Å². The smallest absolute Gasteiger partial charge is 0.330 e. The Bertz CT molecular complexity index is 672. The van der Waals surface area contributed by atoms with Crippen LogP contribution in [0.4, 0.5) is 0 Å². The lowest BCUT2D eigenvalue weighted by atomic mass is 10.1. The van der Waals surface area contributed by atoms with Crippen molar-refractivity contribution >= 4 is 0 Å². The van der Waals surface area contributed by atoms with Gasteiger partial charge < -0.3 is 19.7 Å². The summed E-state index contributed by atoms with van der Waals surface area (Å²) in [5, 5.41) is 21.9. The van der Waals surface area contributed by atoms with Gasteiger partial charge in [-0.2, -0.15) is 5.06 Å². The number of hydrogen-bond acceptors (Lipinski definition) is 8. The molecule has 10 nitrogen and oxygen atoms in total. The topological polar surface area (TPSA) is 126 Å². The normalized spacial score (nSPS) is 26.5. The Morgan fingerprint density at radius 2 is 2.00 bits per heavy atom. The first kappa shape index (κ1) is 19.8. The van der Waals surface area contributed by atoms with Crippen molar-refractivity contribution < 1.29 is 24.5 Å². The lowest BCUT2D eigenvalue weighted by Gasteiger charge is -2.17. The summed E-state index contributed by atoms with van der Waals surface area (Å²) in [6.07, 6.45) is -2.68.